The van der Waals surface area contributed by atoms with Crippen LogP contribution in [0.15, 0.2) is 24.3 Å². The molecule has 1 aromatic rings. The molecule has 0 aliphatic heterocycles. The van der Waals surface area contributed by atoms with E-state index in [1.165, 1.54) is 4.90 Å². The molecule has 0 saturated carbocycles. The zero-order valence-corrected chi connectivity index (χ0v) is 10.4. The fraction of sp³-hybridized carbons (Fsp3) is 0.385. The third-order valence-corrected chi connectivity index (χ3v) is 2.42. The van der Waals surface area contributed by atoms with Crippen molar-refractivity contribution in [2.45, 2.75) is 19.9 Å². The average molecular weight is 231 g/mol. The van der Waals surface area contributed by atoms with Crippen molar-refractivity contribution in [3.05, 3.63) is 29.8 Å². The molecule has 0 fully saturated rings. The Morgan fingerprint density at radius 3 is 2.71 bits per heavy atom. The molecule has 0 unspecified atom stereocenters. The minimum Gasteiger partial charge on any atom is -0.313 e. The monoisotopic (exact) mass is 231 g/mol. The van der Waals surface area contributed by atoms with Gasteiger partial charge < -0.3 is 10.2 Å². The number of nitrogens with one attached hydrogen (secondary N) is 1. The van der Waals surface area contributed by atoms with E-state index in [4.69, 9.17) is 5.26 Å². The molecule has 0 heterocycles. The molecular weight excluding hydrogens is 214 g/mol. The van der Waals surface area contributed by atoms with Gasteiger partial charge in [-0.15, -0.1) is 0 Å². The topological polar surface area (TPSA) is 56.1 Å². The largest absolute Gasteiger partial charge is 0.313 e. The molecule has 4 heteroatoms. The number of hydrogen-bond donors (Lipinski definition) is 1. The van der Waals surface area contributed by atoms with E-state index >= 15 is 0 Å². The van der Waals surface area contributed by atoms with Crippen LogP contribution in [-0.2, 0) is 4.79 Å². The maximum atomic E-state index is 11.9. The van der Waals surface area contributed by atoms with E-state index in [0.29, 0.717) is 11.3 Å². The molecule has 0 bridgehead atoms. The highest BCUT2D eigenvalue weighted by Gasteiger charge is 2.13. The van der Waals surface area contributed by atoms with Crippen LogP contribution in [-0.4, -0.2) is 25.5 Å². The van der Waals surface area contributed by atoms with E-state index in [-0.39, 0.29) is 18.5 Å². The lowest BCUT2D eigenvalue weighted by molar-refractivity contribution is -0.117. The van der Waals surface area contributed by atoms with Crippen LogP contribution in [0.5, 0.6) is 0 Å². The number of nitriles is 1. The van der Waals surface area contributed by atoms with Gasteiger partial charge in [0.15, 0.2) is 0 Å². The van der Waals surface area contributed by atoms with Gasteiger partial charge in [-0.1, -0.05) is 26.0 Å². The third-order valence-electron chi connectivity index (χ3n) is 2.42. The first-order valence-corrected chi connectivity index (χ1v) is 5.55. The molecular formula is C13H17N3O. The average Bonchev–Trinajstić information content (AvgIpc) is 2.34. The third kappa shape index (κ3) is 3.58. The molecule has 90 valence electrons. The molecule has 0 aliphatic rings. The number of amides is 1. The summed E-state index contributed by atoms with van der Waals surface area (Å²) in [5.41, 5.74) is 1.15. The lowest BCUT2D eigenvalue weighted by atomic mass is 10.2. The van der Waals surface area contributed by atoms with Crippen molar-refractivity contribution < 1.29 is 4.79 Å². The van der Waals surface area contributed by atoms with Crippen molar-refractivity contribution in [2.24, 2.45) is 0 Å². The quantitative estimate of drug-likeness (QED) is 0.854. The van der Waals surface area contributed by atoms with Gasteiger partial charge in [0, 0.05) is 13.1 Å². The van der Waals surface area contributed by atoms with Gasteiger partial charge in [0.05, 0.1) is 17.8 Å². The Balaban J connectivity index is 2.79. The maximum Gasteiger partial charge on any atom is 0.240 e. The van der Waals surface area contributed by atoms with Crippen LogP contribution in [0.25, 0.3) is 0 Å². The zero-order valence-electron chi connectivity index (χ0n) is 10.4. The number of anilines is 1. The first kappa shape index (κ1) is 13.2. The maximum absolute atomic E-state index is 11.9. The highest BCUT2D eigenvalue weighted by atomic mass is 16.2. The van der Waals surface area contributed by atoms with E-state index < -0.39 is 0 Å². The van der Waals surface area contributed by atoms with Gasteiger partial charge in [0.1, 0.15) is 6.07 Å². The summed E-state index contributed by atoms with van der Waals surface area (Å²) in [4.78, 5) is 13.4. The number of carbonyl (C=O) groups is 1. The number of likely N-dealkylation sites (N-methyl/N-ethyl adjacent to an activating group) is 1. The van der Waals surface area contributed by atoms with Gasteiger partial charge in [-0.3, -0.25) is 4.79 Å². The van der Waals surface area contributed by atoms with Crippen LogP contribution >= 0.6 is 0 Å². The van der Waals surface area contributed by atoms with E-state index in [2.05, 4.69) is 11.4 Å². The van der Waals surface area contributed by atoms with E-state index in [1.807, 2.05) is 19.9 Å². The van der Waals surface area contributed by atoms with Crippen LogP contribution in [0.1, 0.15) is 19.4 Å². The Bertz CT molecular complexity index is 435. The predicted molar refractivity (Wildman–Crippen MR) is 67.7 cm³/mol. The Morgan fingerprint density at radius 1 is 1.47 bits per heavy atom. The summed E-state index contributed by atoms with van der Waals surface area (Å²) in [6.45, 7) is 4.24. The molecule has 1 aromatic carbocycles. The second kappa shape index (κ2) is 6.02. The lowest BCUT2D eigenvalue weighted by Crippen LogP contribution is -2.38. The van der Waals surface area contributed by atoms with Crippen molar-refractivity contribution >= 4 is 11.6 Å². The van der Waals surface area contributed by atoms with Crippen molar-refractivity contribution in [3.63, 3.8) is 0 Å². The van der Waals surface area contributed by atoms with E-state index in [1.54, 1.807) is 25.2 Å². The highest BCUT2D eigenvalue weighted by Crippen LogP contribution is 2.17. The van der Waals surface area contributed by atoms with Gasteiger partial charge in [-0.25, -0.2) is 0 Å². The van der Waals surface area contributed by atoms with Gasteiger partial charge in [-0.05, 0) is 12.1 Å². The minimum atomic E-state index is -0.0543. The standard InChI is InChI=1S/C13H17N3O/c1-10(2)15-9-13(17)16(3)12-7-5-4-6-11(12)8-14/h4-7,10,15H,9H2,1-3H3. The Hall–Kier alpha value is -1.86. The number of para-hydroxylation sites is 1. The molecule has 1 rings (SSSR count). The summed E-state index contributed by atoms with van der Waals surface area (Å²) in [6, 6.07) is 9.42. The Morgan fingerprint density at radius 2 is 2.12 bits per heavy atom. The molecule has 0 atom stereocenters. The van der Waals surface area contributed by atoms with Crippen molar-refractivity contribution in [1.29, 1.82) is 5.26 Å². The molecule has 0 aliphatic carbocycles. The van der Waals surface area contributed by atoms with E-state index in [0.717, 1.165) is 0 Å². The summed E-state index contributed by atoms with van der Waals surface area (Å²) in [5, 5.41) is 12.0. The van der Waals surface area contributed by atoms with Crippen molar-refractivity contribution in [3.8, 4) is 6.07 Å². The predicted octanol–water partition coefficient (Wildman–Crippen LogP) is 1.52. The number of carbonyl (C=O) groups excluding carboxylic acids is 1. The smallest absolute Gasteiger partial charge is 0.240 e. The molecule has 1 N–H and O–H groups in total. The molecule has 4 nitrogen and oxygen atoms in total. The first-order valence-electron chi connectivity index (χ1n) is 5.55. The second-order valence-corrected chi connectivity index (χ2v) is 4.12. The Kier molecular flexibility index (Phi) is 4.68. The van der Waals surface area contributed by atoms with Gasteiger partial charge in [0.25, 0.3) is 0 Å². The van der Waals surface area contributed by atoms with Crippen molar-refractivity contribution in [1.82, 2.24) is 5.32 Å². The molecule has 0 spiro atoms. The SMILES string of the molecule is CC(C)NCC(=O)N(C)c1ccccc1C#N. The lowest BCUT2D eigenvalue weighted by Gasteiger charge is -2.19. The number of rotatable bonds is 4. The molecule has 0 aromatic heterocycles. The molecule has 0 saturated heterocycles. The Labute approximate surface area is 102 Å². The fourth-order valence-corrected chi connectivity index (χ4v) is 1.41. The normalized spacial score (nSPS) is 10.1. The van der Waals surface area contributed by atoms with Crippen molar-refractivity contribution in [2.75, 3.05) is 18.5 Å². The van der Waals surface area contributed by atoms with Crippen LogP contribution in [0, 0.1) is 11.3 Å². The first-order chi connectivity index (χ1) is 8.06. The van der Waals surface area contributed by atoms with Gasteiger partial charge in [-0.2, -0.15) is 5.26 Å². The van der Waals surface area contributed by atoms with Gasteiger partial charge in [0.2, 0.25) is 5.91 Å². The van der Waals surface area contributed by atoms with E-state index in [9.17, 15) is 4.79 Å². The second-order valence-electron chi connectivity index (χ2n) is 4.12. The van der Waals surface area contributed by atoms with Crippen LogP contribution in [0.4, 0.5) is 5.69 Å². The fourth-order valence-electron chi connectivity index (χ4n) is 1.41. The molecule has 17 heavy (non-hydrogen) atoms. The van der Waals surface area contributed by atoms with Crippen LogP contribution < -0.4 is 10.2 Å². The molecule has 1 amide bonds. The number of hydrogen-bond acceptors (Lipinski definition) is 3. The zero-order chi connectivity index (χ0) is 12.8. The molecule has 0 radical (unpaired) electrons. The minimum absolute atomic E-state index is 0.0543. The van der Waals surface area contributed by atoms with Crippen LogP contribution in [0.2, 0.25) is 0 Å². The summed E-state index contributed by atoms with van der Waals surface area (Å²) < 4.78 is 0. The van der Waals surface area contributed by atoms with Gasteiger partial charge >= 0.3 is 0 Å². The summed E-state index contributed by atoms with van der Waals surface area (Å²) >= 11 is 0. The highest BCUT2D eigenvalue weighted by molar-refractivity contribution is 5.95. The number of benzene rings is 1. The summed E-state index contributed by atoms with van der Waals surface area (Å²) in [6.07, 6.45) is 0. The summed E-state index contributed by atoms with van der Waals surface area (Å²) in [5.74, 6) is -0.0543. The van der Waals surface area contributed by atoms with Crippen LogP contribution in [0.3, 0.4) is 0 Å². The summed E-state index contributed by atoms with van der Waals surface area (Å²) in [7, 11) is 1.68. The number of nitrogens with zero attached hydrogens (tertiary/aromatic N) is 2.